The van der Waals surface area contributed by atoms with Crippen LogP contribution in [0.15, 0.2) is 41.3 Å². The van der Waals surface area contributed by atoms with Crippen LogP contribution in [0.3, 0.4) is 0 Å². The number of ether oxygens (including phenoxy) is 2. The lowest BCUT2D eigenvalue weighted by Crippen LogP contribution is -2.40. The van der Waals surface area contributed by atoms with E-state index < -0.39 is 23.3 Å². The zero-order valence-electron chi connectivity index (χ0n) is 18.1. The Kier molecular flexibility index (Phi) is 6.82. The Morgan fingerprint density at radius 1 is 1.09 bits per heavy atom. The third-order valence-electron chi connectivity index (χ3n) is 6.29. The van der Waals surface area contributed by atoms with Crippen LogP contribution in [0.4, 0.5) is 14.5 Å². The smallest absolute Gasteiger partial charge is 0.255 e. The molecule has 0 bridgehead atoms. The SMILES string of the molecule is CC(C)(Sc1cc(C(=O)Nc2ccc(F)c(F)c2)ccc1Cl)C1CCC2(CC1)OCCO2. The molecular weight excluding hydrogens is 456 g/mol. The van der Waals surface area contributed by atoms with Crippen LogP contribution in [0.25, 0.3) is 0 Å². The molecule has 1 saturated heterocycles. The molecule has 1 aliphatic carbocycles. The van der Waals surface area contributed by atoms with Crippen molar-refractivity contribution < 1.29 is 23.0 Å². The van der Waals surface area contributed by atoms with Crippen molar-refractivity contribution in [2.24, 2.45) is 5.92 Å². The van der Waals surface area contributed by atoms with E-state index in [0.29, 0.717) is 29.7 Å². The van der Waals surface area contributed by atoms with Gasteiger partial charge in [-0.05, 0) is 49.1 Å². The Balaban J connectivity index is 1.44. The molecule has 1 saturated carbocycles. The molecule has 2 fully saturated rings. The van der Waals surface area contributed by atoms with Gasteiger partial charge in [-0.15, -0.1) is 11.8 Å². The molecule has 1 aliphatic heterocycles. The van der Waals surface area contributed by atoms with Gasteiger partial charge in [0.1, 0.15) is 0 Å². The lowest BCUT2D eigenvalue weighted by Gasteiger charge is -2.42. The van der Waals surface area contributed by atoms with E-state index in [9.17, 15) is 13.6 Å². The number of benzene rings is 2. The first-order chi connectivity index (χ1) is 15.2. The van der Waals surface area contributed by atoms with Crippen LogP contribution in [-0.4, -0.2) is 29.7 Å². The van der Waals surface area contributed by atoms with Crippen LogP contribution in [0, 0.1) is 17.6 Å². The van der Waals surface area contributed by atoms with Gasteiger partial charge >= 0.3 is 0 Å². The number of nitrogens with one attached hydrogen (secondary N) is 1. The third kappa shape index (κ3) is 5.11. The molecule has 32 heavy (non-hydrogen) atoms. The van der Waals surface area contributed by atoms with Gasteiger partial charge in [0.2, 0.25) is 0 Å². The van der Waals surface area contributed by atoms with Gasteiger partial charge < -0.3 is 14.8 Å². The average molecular weight is 482 g/mol. The van der Waals surface area contributed by atoms with Crippen molar-refractivity contribution in [3.8, 4) is 0 Å². The monoisotopic (exact) mass is 481 g/mol. The molecule has 8 heteroatoms. The van der Waals surface area contributed by atoms with E-state index in [4.69, 9.17) is 21.1 Å². The zero-order valence-corrected chi connectivity index (χ0v) is 19.6. The molecule has 1 amide bonds. The van der Waals surface area contributed by atoms with Crippen molar-refractivity contribution in [3.63, 3.8) is 0 Å². The summed E-state index contributed by atoms with van der Waals surface area (Å²) in [5.41, 5.74) is 0.582. The van der Waals surface area contributed by atoms with E-state index in [1.165, 1.54) is 6.07 Å². The first kappa shape index (κ1) is 23.5. The number of anilines is 1. The number of carbonyl (C=O) groups excluding carboxylic acids is 1. The predicted octanol–water partition coefficient (Wildman–Crippen LogP) is 6.67. The van der Waals surface area contributed by atoms with E-state index in [2.05, 4.69) is 19.2 Å². The van der Waals surface area contributed by atoms with Gasteiger partial charge in [0, 0.05) is 39.8 Å². The molecule has 1 spiro atoms. The molecule has 4 rings (SSSR count). The summed E-state index contributed by atoms with van der Waals surface area (Å²) in [7, 11) is 0. The fraction of sp³-hybridized carbons (Fsp3) is 0.458. The molecule has 4 nitrogen and oxygen atoms in total. The zero-order chi connectivity index (χ0) is 22.9. The fourth-order valence-corrected chi connectivity index (χ4v) is 5.96. The number of hydrogen-bond acceptors (Lipinski definition) is 4. The molecule has 2 aromatic rings. The summed E-state index contributed by atoms with van der Waals surface area (Å²) in [6.07, 6.45) is 3.75. The molecule has 0 radical (unpaired) electrons. The number of carbonyl (C=O) groups is 1. The molecule has 0 unspecified atom stereocenters. The van der Waals surface area contributed by atoms with Gasteiger partial charge in [-0.25, -0.2) is 8.78 Å². The standard InChI is InChI=1S/C24H26ClF2NO3S/c1-23(2,16-7-9-24(10-8-16)30-11-12-31-24)32-21-13-15(3-5-18(21)25)22(29)28-17-4-6-19(26)20(27)14-17/h3-6,13-14,16H,7-12H2,1-2H3,(H,28,29). The fourth-order valence-electron chi connectivity index (χ4n) is 4.41. The quantitative estimate of drug-likeness (QED) is 0.484. The summed E-state index contributed by atoms with van der Waals surface area (Å²) < 4.78 is 38.2. The Morgan fingerprint density at radius 3 is 2.44 bits per heavy atom. The van der Waals surface area contributed by atoms with E-state index in [1.54, 1.807) is 30.0 Å². The maximum absolute atomic E-state index is 13.4. The second kappa shape index (κ2) is 9.29. The number of halogens is 3. The minimum Gasteiger partial charge on any atom is -0.348 e. The first-order valence-corrected chi connectivity index (χ1v) is 11.9. The van der Waals surface area contributed by atoms with Crippen LogP contribution in [-0.2, 0) is 9.47 Å². The van der Waals surface area contributed by atoms with Crippen molar-refractivity contribution in [2.75, 3.05) is 18.5 Å². The molecule has 172 valence electrons. The number of amides is 1. The third-order valence-corrected chi connectivity index (χ3v) is 8.15. The summed E-state index contributed by atoms with van der Waals surface area (Å²) in [6.45, 7) is 5.72. The molecular formula is C24H26ClF2NO3S. The Bertz CT molecular complexity index is 1000. The van der Waals surface area contributed by atoms with E-state index in [-0.39, 0.29) is 10.4 Å². The predicted molar refractivity (Wildman–Crippen MR) is 122 cm³/mol. The highest BCUT2D eigenvalue weighted by atomic mass is 35.5. The summed E-state index contributed by atoms with van der Waals surface area (Å²) >= 11 is 8.11. The van der Waals surface area contributed by atoms with Gasteiger partial charge in [-0.1, -0.05) is 25.4 Å². The van der Waals surface area contributed by atoms with Crippen molar-refractivity contribution in [1.82, 2.24) is 0 Å². The Labute approximate surface area is 196 Å². The van der Waals surface area contributed by atoms with E-state index >= 15 is 0 Å². The van der Waals surface area contributed by atoms with Crippen molar-refractivity contribution in [2.45, 2.75) is 55.0 Å². The van der Waals surface area contributed by atoms with Crippen molar-refractivity contribution >= 4 is 35.0 Å². The topological polar surface area (TPSA) is 47.6 Å². The number of thioether (sulfide) groups is 1. The Hall–Kier alpha value is -1.67. The molecule has 0 aromatic heterocycles. The van der Waals surface area contributed by atoms with Gasteiger partial charge in [0.05, 0.1) is 18.2 Å². The maximum atomic E-state index is 13.4. The largest absolute Gasteiger partial charge is 0.348 e. The van der Waals surface area contributed by atoms with Crippen LogP contribution in [0.2, 0.25) is 5.02 Å². The lowest BCUT2D eigenvalue weighted by atomic mass is 9.78. The summed E-state index contributed by atoms with van der Waals surface area (Å²) in [5.74, 6) is -2.34. The second-order valence-corrected chi connectivity index (χ2v) is 10.9. The van der Waals surface area contributed by atoms with E-state index in [1.807, 2.05) is 0 Å². The van der Waals surface area contributed by atoms with Crippen LogP contribution >= 0.6 is 23.4 Å². The van der Waals surface area contributed by atoms with Crippen LogP contribution in [0.5, 0.6) is 0 Å². The van der Waals surface area contributed by atoms with Crippen LogP contribution < -0.4 is 5.32 Å². The van der Waals surface area contributed by atoms with Crippen molar-refractivity contribution in [1.29, 1.82) is 0 Å². The molecule has 0 atom stereocenters. The van der Waals surface area contributed by atoms with Crippen molar-refractivity contribution in [3.05, 3.63) is 58.6 Å². The summed E-state index contributed by atoms with van der Waals surface area (Å²) in [5, 5.41) is 3.17. The highest BCUT2D eigenvalue weighted by Crippen LogP contribution is 2.49. The molecule has 2 aromatic carbocycles. The van der Waals surface area contributed by atoms with Gasteiger partial charge in [-0.2, -0.15) is 0 Å². The normalized spacial score (nSPS) is 18.8. The minimum atomic E-state index is -1.01. The van der Waals surface area contributed by atoms with Gasteiger partial charge in [0.15, 0.2) is 17.4 Å². The molecule has 2 aliphatic rings. The van der Waals surface area contributed by atoms with Crippen LogP contribution in [0.1, 0.15) is 49.9 Å². The van der Waals surface area contributed by atoms with E-state index in [0.717, 1.165) is 42.7 Å². The number of rotatable bonds is 5. The highest BCUT2D eigenvalue weighted by molar-refractivity contribution is 8.00. The number of hydrogen-bond donors (Lipinski definition) is 1. The lowest BCUT2D eigenvalue weighted by molar-refractivity contribution is -0.183. The van der Waals surface area contributed by atoms with Gasteiger partial charge in [-0.3, -0.25) is 4.79 Å². The molecule has 1 heterocycles. The van der Waals surface area contributed by atoms with Gasteiger partial charge in [0.25, 0.3) is 5.91 Å². The summed E-state index contributed by atoms with van der Waals surface area (Å²) in [6, 6.07) is 8.31. The second-order valence-electron chi connectivity index (χ2n) is 8.82. The highest BCUT2D eigenvalue weighted by Gasteiger charge is 2.44. The minimum absolute atomic E-state index is 0.112. The first-order valence-electron chi connectivity index (χ1n) is 10.7. The molecule has 1 N–H and O–H groups in total. The summed E-state index contributed by atoms with van der Waals surface area (Å²) in [4.78, 5) is 13.5. The maximum Gasteiger partial charge on any atom is 0.255 e. The Morgan fingerprint density at radius 2 is 1.78 bits per heavy atom. The average Bonchev–Trinajstić information content (AvgIpc) is 3.20.